The molecular weight excluding hydrogens is 202 g/mol. The first kappa shape index (κ1) is 13.9. The van der Waals surface area contributed by atoms with Crippen molar-refractivity contribution < 1.29 is 10.2 Å². The summed E-state index contributed by atoms with van der Waals surface area (Å²) >= 11 is 0. The normalized spacial score (nSPS) is 25.7. The largest absolute Gasteiger partial charge is 0.396 e. The zero-order valence-electron chi connectivity index (χ0n) is 10.9. The van der Waals surface area contributed by atoms with Crippen LogP contribution in [0.5, 0.6) is 0 Å². The van der Waals surface area contributed by atoms with Gasteiger partial charge in [-0.15, -0.1) is 0 Å². The summed E-state index contributed by atoms with van der Waals surface area (Å²) in [5, 5.41) is 22.0. The van der Waals surface area contributed by atoms with Crippen LogP contribution < -0.4 is 5.32 Å². The molecule has 0 aromatic carbocycles. The maximum Gasteiger partial charge on any atom is 0.0518 e. The molecule has 0 aromatic rings. The molecule has 0 aliphatic heterocycles. The molecule has 0 aromatic heterocycles. The first-order chi connectivity index (χ1) is 7.43. The summed E-state index contributed by atoms with van der Waals surface area (Å²) in [6.07, 6.45) is 5.08. The summed E-state index contributed by atoms with van der Waals surface area (Å²) in [7, 11) is 0. The summed E-state index contributed by atoms with van der Waals surface area (Å²) in [6, 6.07) is 0.513. The van der Waals surface area contributed by atoms with Gasteiger partial charge in [-0.05, 0) is 18.3 Å². The molecule has 1 aliphatic carbocycles. The highest BCUT2D eigenvalue weighted by Crippen LogP contribution is 2.35. The fraction of sp³-hybridized carbons (Fsp3) is 1.00. The van der Waals surface area contributed by atoms with Crippen molar-refractivity contribution in [2.45, 2.75) is 52.5 Å². The Bertz CT molecular complexity index is 212. The maximum absolute atomic E-state index is 9.24. The van der Waals surface area contributed by atoms with E-state index in [0.29, 0.717) is 18.0 Å². The highest BCUT2D eigenvalue weighted by Gasteiger charge is 2.33. The number of rotatable bonds is 5. The molecule has 1 saturated carbocycles. The van der Waals surface area contributed by atoms with Gasteiger partial charge in [0.25, 0.3) is 0 Å². The maximum atomic E-state index is 9.24. The zero-order chi connectivity index (χ0) is 12.2. The number of nitrogens with one attached hydrogen (secondary N) is 1. The number of aliphatic hydroxyl groups is 2. The highest BCUT2D eigenvalue weighted by molar-refractivity contribution is 4.89. The lowest BCUT2D eigenvalue weighted by molar-refractivity contribution is 0.0567. The Hall–Kier alpha value is -0.120. The van der Waals surface area contributed by atoms with E-state index in [2.05, 4.69) is 19.2 Å². The van der Waals surface area contributed by atoms with Crippen molar-refractivity contribution >= 4 is 0 Å². The molecule has 1 unspecified atom stereocenters. The van der Waals surface area contributed by atoms with Crippen LogP contribution in [0.2, 0.25) is 0 Å². The van der Waals surface area contributed by atoms with Gasteiger partial charge < -0.3 is 15.5 Å². The van der Waals surface area contributed by atoms with Crippen LogP contribution in [-0.4, -0.2) is 36.0 Å². The summed E-state index contributed by atoms with van der Waals surface area (Å²) in [5.74, 6) is 0. The van der Waals surface area contributed by atoms with E-state index in [9.17, 15) is 10.2 Å². The Balaban J connectivity index is 2.47. The van der Waals surface area contributed by atoms with E-state index in [-0.39, 0.29) is 13.2 Å². The lowest BCUT2D eigenvalue weighted by Gasteiger charge is -2.41. The quantitative estimate of drug-likeness (QED) is 0.670. The predicted molar refractivity (Wildman–Crippen MR) is 66.3 cm³/mol. The van der Waals surface area contributed by atoms with Crippen LogP contribution in [0.3, 0.4) is 0 Å². The van der Waals surface area contributed by atoms with E-state index >= 15 is 0 Å². The summed E-state index contributed by atoms with van der Waals surface area (Å²) in [5.41, 5.74) is -0.0579. The third-order valence-electron chi connectivity index (χ3n) is 4.05. The zero-order valence-corrected chi connectivity index (χ0v) is 10.9. The Kier molecular flexibility index (Phi) is 4.77. The molecule has 0 saturated heterocycles. The number of aliphatic hydroxyl groups excluding tert-OH is 2. The molecule has 0 bridgehead atoms. The molecule has 0 spiro atoms. The molecule has 3 heteroatoms. The van der Waals surface area contributed by atoms with E-state index < -0.39 is 5.41 Å². The highest BCUT2D eigenvalue weighted by atomic mass is 16.3. The second-order valence-electron chi connectivity index (χ2n) is 6.29. The number of hydrogen-bond donors (Lipinski definition) is 3. The van der Waals surface area contributed by atoms with Crippen LogP contribution in [0.15, 0.2) is 0 Å². The van der Waals surface area contributed by atoms with E-state index in [4.69, 9.17) is 0 Å². The van der Waals surface area contributed by atoms with Crippen LogP contribution in [-0.2, 0) is 0 Å². The molecule has 3 N–H and O–H groups in total. The van der Waals surface area contributed by atoms with Gasteiger partial charge in [-0.25, -0.2) is 0 Å². The van der Waals surface area contributed by atoms with Crippen molar-refractivity contribution in [3.8, 4) is 0 Å². The van der Waals surface area contributed by atoms with Gasteiger partial charge in [0, 0.05) is 18.0 Å². The van der Waals surface area contributed by atoms with Gasteiger partial charge in [0.15, 0.2) is 0 Å². The van der Waals surface area contributed by atoms with Crippen LogP contribution in [0.25, 0.3) is 0 Å². The third-order valence-corrected chi connectivity index (χ3v) is 4.05. The first-order valence-electron chi connectivity index (χ1n) is 6.39. The second-order valence-corrected chi connectivity index (χ2v) is 6.29. The summed E-state index contributed by atoms with van der Waals surface area (Å²) < 4.78 is 0. The molecule has 1 aliphatic rings. The monoisotopic (exact) mass is 229 g/mol. The fourth-order valence-corrected chi connectivity index (χ4v) is 2.40. The second kappa shape index (κ2) is 5.48. The van der Waals surface area contributed by atoms with Crippen molar-refractivity contribution in [2.24, 2.45) is 10.8 Å². The molecule has 3 nitrogen and oxygen atoms in total. The Morgan fingerprint density at radius 3 is 2.38 bits per heavy atom. The Labute approximate surface area is 99.3 Å². The molecule has 1 atom stereocenters. The van der Waals surface area contributed by atoms with Crippen molar-refractivity contribution in [2.75, 3.05) is 19.8 Å². The summed E-state index contributed by atoms with van der Waals surface area (Å²) in [6.45, 7) is 7.27. The van der Waals surface area contributed by atoms with E-state index in [0.717, 1.165) is 0 Å². The number of hydrogen-bond acceptors (Lipinski definition) is 3. The minimum absolute atomic E-state index is 0.0314. The minimum atomic E-state index is -0.395. The molecule has 16 heavy (non-hydrogen) atoms. The van der Waals surface area contributed by atoms with Crippen molar-refractivity contribution in [3.63, 3.8) is 0 Å². The van der Waals surface area contributed by atoms with Crippen LogP contribution >= 0.6 is 0 Å². The molecule has 0 radical (unpaired) electrons. The van der Waals surface area contributed by atoms with Gasteiger partial charge in [-0.3, -0.25) is 0 Å². The Morgan fingerprint density at radius 1 is 1.25 bits per heavy atom. The van der Waals surface area contributed by atoms with Crippen LogP contribution in [0.4, 0.5) is 0 Å². The summed E-state index contributed by atoms with van der Waals surface area (Å²) in [4.78, 5) is 0. The smallest absolute Gasteiger partial charge is 0.0518 e. The van der Waals surface area contributed by atoms with Crippen molar-refractivity contribution in [1.82, 2.24) is 5.32 Å². The standard InChI is InChI=1S/C13H27NO2/c1-12(2)7-5-4-6-11(12)14-8-13(3,9-15)10-16/h11,14-16H,4-10H2,1-3H3. The average molecular weight is 229 g/mol. The SMILES string of the molecule is CC(CO)(CO)CNC1CCCCC1(C)C. The van der Waals surface area contributed by atoms with Gasteiger partial charge in [0.05, 0.1) is 13.2 Å². The van der Waals surface area contributed by atoms with Crippen LogP contribution in [0, 0.1) is 10.8 Å². The molecular formula is C13H27NO2. The topological polar surface area (TPSA) is 52.5 Å². The van der Waals surface area contributed by atoms with Crippen LogP contribution in [0.1, 0.15) is 46.5 Å². The van der Waals surface area contributed by atoms with Gasteiger partial charge in [0.1, 0.15) is 0 Å². The van der Waals surface area contributed by atoms with Crippen molar-refractivity contribution in [1.29, 1.82) is 0 Å². The predicted octanol–water partition coefficient (Wildman–Crippen LogP) is 1.54. The van der Waals surface area contributed by atoms with Gasteiger partial charge in [0.2, 0.25) is 0 Å². The van der Waals surface area contributed by atoms with E-state index in [1.54, 1.807) is 0 Å². The van der Waals surface area contributed by atoms with E-state index in [1.165, 1.54) is 25.7 Å². The fourth-order valence-electron chi connectivity index (χ4n) is 2.40. The molecule has 96 valence electrons. The molecule has 0 heterocycles. The minimum Gasteiger partial charge on any atom is -0.396 e. The van der Waals surface area contributed by atoms with Crippen molar-refractivity contribution in [3.05, 3.63) is 0 Å². The van der Waals surface area contributed by atoms with E-state index in [1.807, 2.05) is 6.92 Å². The Morgan fingerprint density at radius 2 is 1.88 bits per heavy atom. The van der Waals surface area contributed by atoms with Gasteiger partial charge in [-0.2, -0.15) is 0 Å². The lowest BCUT2D eigenvalue weighted by Crippen LogP contribution is -2.49. The molecule has 1 fully saturated rings. The third kappa shape index (κ3) is 3.44. The average Bonchev–Trinajstić information content (AvgIpc) is 2.27. The van der Waals surface area contributed by atoms with Gasteiger partial charge >= 0.3 is 0 Å². The lowest BCUT2D eigenvalue weighted by atomic mass is 9.73. The van der Waals surface area contributed by atoms with Gasteiger partial charge in [-0.1, -0.05) is 33.6 Å². The first-order valence-corrected chi connectivity index (χ1v) is 6.39. The molecule has 0 amide bonds. The molecule has 1 rings (SSSR count).